The van der Waals surface area contributed by atoms with Crippen LogP contribution < -0.4 is 0 Å². The van der Waals surface area contributed by atoms with Gasteiger partial charge in [-0.15, -0.1) is 0 Å². The molecule has 1 aliphatic heterocycles. The number of aryl methyl sites for hydroxylation is 2. The van der Waals surface area contributed by atoms with Gasteiger partial charge in [0.15, 0.2) is 0 Å². The van der Waals surface area contributed by atoms with Gasteiger partial charge in [-0.3, -0.25) is 9.48 Å². The van der Waals surface area contributed by atoms with Gasteiger partial charge in [0.25, 0.3) is 0 Å². The molecule has 1 atom stereocenters. The summed E-state index contributed by atoms with van der Waals surface area (Å²) in [5, 5.41) is 4.19. The van der Waals surface area contributed by atoms with Crippen LogP contribution in [0, 0.1) is 6.92 Å². The Morgan fingerprint density at radius 3 is 2.96 bits per heavy atom. The molecule has 0 unspecified atom stereocenters. The lowest BCUT2D eigenvalue weighted by Gasteiger charge is -2.27. The molecule has 140 valence electrons. The number of nitrogens with zero attached hydrogens (tertiary/aromatic N) is 6. The minimum Gasteiger partial charge on any atom is -0.334 e. The highest BCUT2D eigenvalue weighted by atomic mass is 16.2. The van der Waals surface area contributed by atoms with Crippen LogP contribution in [0.25, 0.3) is 0 Å². The highest BCUT2D eigenvalue weighted by molar-refractivity contribution is 5.77. The second kappa shape index (κ2) is 8.40. The highest BCUT2D eigenvalue weighted by Crippen LogP contribution is 2.33. The third-order valence-corrected chi connectivity index (χ3v) is 4.73. The topological polar surface area (TPSA) is 67.2 Å². The molecule has 2 aromatic rings. The Morgan fingerprint density at radius 2 is 2.23 bits per heavy atom. The van der Waals surface area contributed by atoms with E-state index in [2.05, 4.69) is 15.0 Å². The third kappa shape index (κ3) is 4.46. The van der Waals surface area contributed by atoms with E-state index in [0.717, 1.165) is 56.0 Å². The van der Waals surface area contributed by atoms with Crippen molar-refractivity contribution in [3.05, 3.63) is 41.7 Å². The monoisotopic (exact) mass is 356 g/mol. The van der Waals surface area contributed by atoms with E-state index in [0.29, 0.717) is 6.42 Å². The van der Waals surface area contributed by atoms with Crippen molar-refractivity contribution in [2.24, 2.45) is 0 Å². The summed E-state index contributed by atoms with van der Waals surface area (Å²) in [6.07, 6.45) is 8.96. The molecule has 7 heteroatoms. The SMILES string of the molecule is Cc1ncc(CN(C)C)c([C@H]2CCCN2C(=O)CCCn2cccn2)n1. The first kappa shape index (κ1) is 18.5. The minimum absolute atomic E-state index is 0.0730. The molecule has 0 aliphatic carbocycles. The first-order chi connectivity index (χ1) is 12.5. The lowest BCUT2D eigenvalue weighted by atomic mass is 10.0. The number of hydrogen-bond acceptors (Lipinski definition) is 5. The van der Waals surface area contributed by atoms with E-state index >= 15 is 0 Å². The molecular weight excluding hydrogens is 328 g/mol. The fourth-order valence-electron chi connectivity index (χ4n) is 3.58. The molecule has 0 saturated carbocycles. The molecule has 1 saturated heterocycles. The van der Waals surface area contributed by atoms with Crippen molar-refractivity contribution in [1.29, 1.82) is 0 Å². The van der Waals surface area contributed by atoms with E-state index in [4.69, 9.17) is 4.98 Å². The summed E-state index contributed by atoms with van der Waals surface area (Å²) in [6, 6.07) is 1.98. The molecule has 3 heterocycles. The van der Waals surface area contributed by atoms with Crippen LogP contribution in [-0.4, -0.2) is 56.1 Å². The summed E-state index contributed by atoms with van der Waals surface area (Å²) in [7, 11) is 4.08. The predicted octanol–water partition coefficient (Wildman–Crippen LogP) is 2.19. The third-order valence-electron chi connectivity index (χ3n) is 4.73. The van der Waals surface area contributed by atoms with Gasteiger partial charge in [0.2, 0.25) is 5.91 Å². The van der Waals surface area contributed by atoms with Crippen LogP contribution in [0.3, 0.4) is 0 Å². The fraction of sp³-hybridized carbons (Fsp3) is 0.579. The van der Waals surface area contributed by atoms with Gasteiger partial charge in [-0.25, -0.2) is 9.97 Å². The van der Waals surface area contributed by atoms with Crippen molar-refractivity contribution in [2.75, 3.05) is 20.6 Å². The van der Waals surface area contributed by atoms with Gasteiger partial charge in [-0.2, -0.15) is 5.10 Å². The zero-order valence-corrected chi connectivity index (χ0v) is 15.9. The van der Waals surface area contributed by atoms with Gasteiger partial charge in [-0.1, -0.05) is 0 Å². The van der Waals surface area contributed by atoms with Crippen molar-refractivity contribution in [3.8, 4) is 0 Å². The Balaban J connectivity index is 1.69. The van der Waals surface area contributed by atoms with Crippen LogP contribution in [0.2, 0.25) is 0 Å². The van der Waals surface area contributed by atoms with Crippen LogP contribution in [-0.2, 0) is 17.9 Å². The van der Waals surface area contributed by atoms with E-state index in [1.165, 1.54) is 0 Å². The number of carbonyl (C=O) groups is 1. The van der Waals surface area contributed by atoms with Crippen LogP contribution in [0.15, 0.2) is 24.7 Å². The Bertz CT molecular complexity index is 728. The first-order valence-electron chi connectivity index (χ1n) is 9.28. The summed E-state index contributed by atoms with van der Waals surface area (Å²) in [5.74, 6) is 0.979. The molecule has 26 heavy (non-hydrogen) atoms. The molecule has 0 bridgehead atoms. The summed E-state index contributed by atoms with van der Waals surface area (Å²) in [6.45, 7) is 4.28. The van der Waals surface area contributed by atoms with Crippen LogP contribution in [0.5, 0.6) is 0 Å². The second-order valence-electron chi connectivity index (χ2n) is 7.18. The van der Waals surface area contributed by atoms with E-state index < -0.39 is 0 Å². The van der Waals surface area contributed by atoms with Crippen LogP contribution >= 0.6 is 0 Å². The van der Waals surface area contributed by atoms with E-state index in [9.17, 15) is 4.79 Å². The maximum Gasteiger partial charge on any atom is 0.223 e. The fourth-order valence-corrected chi connectivity index (χ4v) is 3.58. The van der Waals surface area contributed by atoms with Gasteiger partial charge in [-0.05, 0) is 46.3 Å². The van der Waals surface area contributed by atoms with Crippen molar-refractivity contribution in [3.63, 3.8) is 0 Å². The number of amides is 1. The maximum atomic E-state index is 12.8. The first-order valence-corrected chi connectivity index (χ1v) is 9.28. The summed E-state index contributed by atoms with van der Waals surface area (Å²) < 4.78 is 1.87. The molecule has 1 amide bonds. The Hall–Kier alpha value is -2.28. The number of rotatable bonds is 7. The maximum absolute atomic E-state index is 12.8. The molecule has 0 aromatic carbocycles. The number of carbonyl (C=O) groups excluding carboxylic acids is 1. The summed E-state index contributed by atoms with van der Waals surface area (Å²) >= 11 is 0. The Labute approximate surface area is 155 Å². The van der Waals surface area contributed by atoms with Gasteiger partial charge in [0.05, 0.1) is 11.7 Å². The van der Waals surface area contributed by atoms with Gasteiger partial charge in [0.1, 0.15) is 5.82 Å². The van der Waals surface area contributed by atoms with E-state index in [1.54, 1.807) is 6.20 Å². The molecule has 0 N–H and O–H groups in total. The van der Waals surface area contributed by atoms with Crippen LogP contribution in [0.1, 0.15) is 48.8 Å². The van der Waals surface area contributed by atoms with Gasteiger partial charge in [0, 0.05) is 50.2 Å². The average Bonchev–Trinajstić information content (AvgIpc) is 3.27. The van der Waals surface area contributed by atoms with Gasteiger partial charge < -0.3 is 9.80 Å². The van der Waals surface area contributed by atoms with Crippen molar-refractivity contribution in [2.45, 2.75) is 51.7 Å². The van der Waals surface area contributed by atoms with E-state index in [-0.39, 0.29) is 11.9 Å². The van der Waals surface area contributed by atoms with Crippen LogP contribution in [0.4, 0.5) is 0 Å². The average molecular weight is 356 g/mol. The smallest absolute Gasteiger partial charge is 0.223 e. The quantitative estimate of drug-likeness (QED) is 0.761. The summed E-state index contributed by atoms with van der Waals surface area (Å²) in [5.41, 5.74) is 2.13. The Kier molecular flexibility index (Phi) is 5.98. The Morgan fingerprint density at radius 1 is 1.38 bits per heavy atom. The zero-order chi connectivity index (χ0) is 18.5. The normalized spacial score (nSPS) is 17.2. The molecule has 1 fully saturated rings. The predicted molar refractivity (Wildman–Crippen MR) is 99.3 cm³/mol. The molecule has 3 rings (SSSR count). The van der Waals surface area contributed by atoms with Gasteiger partial charge >= 0.3 is 0 Å². The van der Waals surface area contributed by atoms with Crippen molar-refractivity contribution >= 4 is 5.91 Å². The molecule has 7 nitrogen and oxygen atoms in total. The number of likely N-dealkylation sites (tertiary alicyclic amines) is 1. The zero-order valence-electron chi connectivity index (χ0n) is 15.9. The molecule has 2 aromatic heterocycles. The van der Waals surface area contributed by atoms with Crippen molar-refractivity contribution < 1.29 is 4.79 Å². The molecule has 0 radical (unpaired) electrons. The highest BCUT2D eigenvalue weighted by Gasteiger charge is 2.32. The number of hydrogen-bond donors (Lipinski definition) is 0. The second-order valence-corrected chi connectivity index (χ2v) is 7.18. The summed E-state index contributed by atoms with van der Waals surface area (Å²) in [4.78, 5) is 26.0. The molecular formula is C19H28N6O. The largest absolute Gasteiger partial charge is 0.334 e. The molecule has 0 spiro atoms. The number of aromatic nitrogens is 4. The van der Waals surface area contributed by atoms with Crippen molar-refractivity contribution in [1.82, 2.24) is 29.5 Å². The van der Waals surface area contributed by atoms with E-state index in [1.807, 2.05) is 49.1 Å². The lowest BCUT2D eigenvalue weighted by molar-refractivity contribution is -0.132. The lowest BCUT2D eigenvalue weighted by Crippen LogP contribution is -2.32. The minimum atomic E-state index is 0.0730. The standard InChI is InChI=1S/C19H28N6O/c1-15-20-13-16(14-23(2)3)19(22-15)17-7-4-12-25(17)18(26)8-5-10-24-11-6-9-21-24/h6,9,11,13,17H,4-5,7-8,10,12,14H2,1-3H3/t17-/m1/s1. The molecule has 1 aliphatic rings.